The summed E-state index contributed by atoms with van der Waals surface area (Å²) in [5.74, 6) is -0.203. The van der Waals surface area contributed by atoms with Gasteiger partial charge in [-0.3, -0.25) is 4.79 Å². The van der Waals surface area contributed by atoms with Gasteiger partial charge < -0.3 is 20.6 Å². The van der Waals surface area contributed by atoms with Crippen LogP contribution in [-0.2, 0) is 4.74 Å². The average molecular weight is 363 g/mol. The van der Waals surface area contributed by atoms with Gasteiger partial charge in [0.2, 0.25) is 0 Å². The van der Waals surface area contributed by atoms with Crippen molar-refractivity contribution in [1.82, 2.24) is 4.90 Å². The monoisotopic (exact) mass is 361 g/mol. The number of benzene rings is 1. The molecule has 108 valence electrons. The van der Waals surface area contributed by atoms with Crippen LogP contribution in [0.2, 0.25) is 5.02 Å². The molecule has 0 saturated carbocycles. The van der Waals surface area contributed by atoms with Crippen molar-refractivity contribution in [3.05, 3.63) is 33.3 Å². The maximum Gasteiger partial charge on any atom is 0.255 e. The Kier molecular flexibility index (Phi) is 4.85. The van der Waals surface area contributed by atoms with Crippen LogP contribution in [0.1, 0.15) is 10.4 Å². The van der Waals surface area contributed by atoms with Crippen molar-refractivity contribution < 1.29 is 14.7 Å². The summed E-state index contributed by atoms with van der Waals surface area (Å²) in [6.07, 6.45) is -0.594. The molecular formula is C12H13BrClN3O3. The third-order valence-corrected chi connectivity index (χ3v) is 3.85. The molecular weight excluding hydrogens is 350 g/mol. The summed E-state index contributed by atoms with van der Waals surface area (Å²) < 4.78 is 5.98. The lowest BCUT2D eigenvalue weighted by atomic mass is 10.1. The third-order valence-electron chi connectivity index (χ3n) is 2.96. The van der Waals surface area contributed by atoms with Crippen molar-refractivity contribution in [2.24, 2.45) is 10.9 Å². The topological polar surface area (TPSA) is 88.2 Å². The molecule has 0 bridgehead atoms. The van der Waals surface area contributed by atoms with E-state index in [9.17, 15) is 4.79 Å². The highest BCUT2D eigenvalue weighted by atomic mass is 79.9. The predicted molar refractivity (Wildman–Crippen MR) is 78.2 cm³/mol. The lowest BCUT2D eigenvalue weighted by molar-refractivity contribution is 0.00671. The molecule has 3 N–H and O–H groups in total. The Morgan fingerprint density at radius 2 is 2.35 bits per heavy atom. The third kappa shape index (κ3) is 3.23. The van der Waals surface area contributed by atoms with Gasteiger partial charge >= 0.3 is 0 Å². The minimum Gasteiger partial charge on any atom is -0.409 e. The zero-order valence-electron chi connectivity index (χ0n) is 10.4. The number of nitrogens with two attached hydrogens (primary N) is 1. The molecule has 1 unspecified atom stereocenters. The molecule has 1 heterocycles. The number of hydrogen-bond acceptors (Lipinski definition) is 4. The molecule has 20 heavy (non-hydrogen) atoms. The number of halogens is 2. The van der Waals surface area contributed by atoms with Gasteiger partial charge in [0.1, 0.15) is 6.10 Å². The molecule has 1 aliphatic heterocycles. The standard InChI is InChI=1S/C12H13BrClN3O3/c13-9-5-7(14)1-2-8(9)12(18)17-3-4-20-10(6-17)11(15)16-19/h1-2,5,10,19H,3-4,6H2,(H2,15,16). The first-order valence-electron chi connectivity index (χ1n) is 5.86. The van der Waals surface area contributed by atoms with E-state index in [1.807, 2.05) is 0 Å². The van der Waals surface area contributed by atoms with Crippen LogP contribution in [0, 0.1) is 0 Å². The zero-order valence-corrected chi connectivity index (χ0v) is 12.8. The highest BCUT2D eigenvalue weighted by Gasteiger charge is 2.28. The number of morpholine rings is 1. The fourth-order valence-electron chi connectivity index (χ4n) is 1.91. The first-order chi connectivity index (χ1) is 9.52. The minimum absolute atomic E-state index is 0.0438. The summed E-state index contributed by atoms with van der Waals surface area (Å²) in [6, 6.07) is 4.97. The molecule has 1 aromatic carbocycles. The maximum absolute atomic E-state index is 12.4. The summed E-state index contributed by atoms with van der Waals surface area (Å²) in [5.41, 5.74) is 6.02. The normalized spacial score (nSPS) is 20.0. The van der Waals surface area contributed by atoms with E-state index in [1.54, 1.807) is 23.1 Å². The Labute approximate surface area is 129 Å². The van der Waals surface area contributed by atoms with Gasteiger partial charge in [0.05, 0.1) is 18.7 Å². The van der Waals surface area contributed by atoms with Crippen molar-refractivity contribution in [2.75, 3.05) is 19.7 Å². The summed E-state index contributed by atoms with van der Waals surface area (Å²) in [6.45, 7) is 1.02. The van der Waals surface area contributed by atoms with Crippen molar-refractivity contribution in [2.45, 2.75) is 6.10 Å². The Hall–Kier alpha value is -1.31. The molecule has 0 aromatic heterocycles. The molecule has 1 atom stereocenters. The van der Waals surface area contributed by atoms with Crippen LogP contribution in [0.5, 0.6) is 0 Å². The lowest BCUT2D eigenvalue weighted by Gasteiger charge is -2.32. The van der Waals surface area contributed by atoms with E-state index in [0.717, 1.165) is 0 Å². The van der Waals surface area contributed by atoms with Crippen molar-refractivity contribution in [3.8, 4) is 0 Å². The molecule has 0 radical (unpaired) electrons. The highest BCUT2D eigenvalue weighted by molar-refractivity contribution is 9.10. The van der Waals surface area contributed by atoms with E-state index in [0.29, 0.717) is 28.2 Å². The number of carbonyl (C=O) groups is 1. The van der Waals surface area contributed by atoms with Crippen LogP contribution < -0.4 is 5.73 Å². The molecule has 8 heteroatoms. The predicted octanol–water partition coefficient (Wildman–Crippen LogP) is 1.69. The van der Waals surface area contributed by atoms with Crippen molar-refractivity contribution in [1.29, 1.82) is 0 Å². The van der Waals surface area contributed by atoms with Crippen LogP contribution in [0.3, 0.4) is 0 Å². The van der Waals surface area contributed by atoms with Gasteiger partial charge in [-0.1, -0.05) is 16.8 Å². The fraction of sp³-hybridized carbons (Fsp3) is 0.333. The molecule has 2 rings (SSSR count). The van der Waals surface area contributed by atoms with E-state index >= 15 is 0 Å². The van der Waals surface area contributed by atoms with Crippen molar-refractivity contribution >= 4 is 39.3 Å². The summed E-state index contributed by atoms with van der Waals surface area (Å²) in [7, 11) is 0. The van der Waals surface area contributed by atoms with E-state index < -0.39 is 6.10 Å². The van der Waals surface area contributed by atoms with E-state index in [2.05, 4.69) is 21.1 Å². The van der Waals surface area contributed by atoms with Crippen LogP contribution in [0.15, 0.2) is 27.8 Å². The number of amides is 1. The molecule has 1 saturated heterocycles. The molecule has 1 aliphatic rings. The van der Waals surface area contributed by atoms with E-state index in [-0.39, 0.29) is 18.3 Å². The maximum atomic E-state index is 12.4. The zero-order chi connectivity index (χ0) is 14.7. The van der Waals surface area contributed by atoms with Crippen LogP contribution in [0.25, 0.3) is 0 Å². The Morgan fingerprint density at radius 3 is 3.00 bits per heavy atom. The summed E-state index contributed by atoms with van der Waals surface area (Å²) in [4.78, 5) is 14.0. The Bertz CT molecular complexity index is 553. The van der Waals surface area contributed by atoms with Gasteiger partial charge in [0, 0.05) is 16.0 Å². The molecule has 0 aliphatic carbocycles. The number of oxime groups is 1. The Balaban J connectivity index is 2.16. The molecule has 1 aromatic rings. The average Bonchev–Trinajstić information content (AvgIpc) is 2.46. The van der Waals surface area contributed by atoms with Gasteiger partial charge in [-0.05, 0) is 34.1 Å². The molecule has 0 spiro atoms. The lowest BCUT2D eigenvalue weighted by Crippen LogP contribution is -2.50. The summed E-state index contributed by atoms with van der Waals surface area (Å²) in [5, 5.41) is 12.1. The van der Waals surface area contributed by atoms with Gasteiger partial charge in [-0.25, -0.2) is 0 Å². The second-order valence-corrected chi connectivity index (χ2v) is 5.55. The van der Waals surface area contributed by atoms with E-state index in [4.69, 9.17) is 27.3 Å². The molecule has 1 fully saturated rings. The smallest absolute Gasteiger partial charge is 0.255 e. The highest BCUT2D eigenvalue weighted by Crippen LogP contribution is 2.23. The van der Waals surface area contributed by atoms with Gasteiger partial charge in [0.25, 0.3) is 5.91 Å². The number of amidine groups is 1. The number of ether oxygens (including phenoxy) is 1. The SMILES string of the molecule is N/C(=N/O)C1CN(C(=O)c2ccc(Cl)cc2Br)CCO1. The number of nitrogens with zero attached hydrogens (tertiary/aromatic N) is 2. The van der Waals surface area contributed by atoms with Gasteiger partial charge in [0.15, 0.2) is 5.84 Å². The first-order valence-corrected chi connectivity index (χ1v) is 7.03. The number of carbonyl (C=O) groups excluding carboxylic acids is 1. The second-order valence-electron chi connectivity index (χ2n) is 4.26. The molecule has 1 amide bonds. The quantitative estimate of drug-likeness (QED) is 0.363. The van der Waals surface area contributed by atoms with Crippen LogP contribution in [-0.4, -0.2) is 47.7 Å². The van der Waals surface area contributed by atoms with Gasteiger partial charge in [-0.15, -0.1) is 0 Å². The first kappa shape index (κ1) is 15.1. The van der Waals surface area contributed by atoms with E-state index in [1.165, 1.54) is 0 Å². The molecule has 6 nitrogen and oxygen atoms in total. The number of rotatable bonds is 2. The number of hydrogen-bond donors (Lipinski definition) is 2. The second kappa shape index (κ2) is 6.43. The van der Waals surface area contributed by atoms with Crippen molar-refractivity contribution in [3.63, 3.8) is 0 Å². The summed E-state index contributed by atoms with van der Waals surface area (Å²) >= 11 is 9.18. The van der Waals surface area contributed by atoms with Crippen LogP contribution in [0.4, 0.5) is 0 Å². The van der Waals surface area contributed by atoms with Crippen LogP contribution >= 0.6 is 27.5 Å². The largest absolute Gasteiger partial charge is 0.409 e. The Morgan fingerprint density at radius 1 is 1.60 bits per heavy atom. The van der Waals surface area contributed by atoms with Gasteiger partial charge in [-0.2, -0.15) is 0 Å². The minimum atomic E-state index is -0.594. The fourth-order valence-corrected chi connectivity index (χ4v) is 2.76.